The van der Waals surface area contributed by atoms with E-state index in [1.807, 2.05) is 19.1 Å². The summed E-state index contributed by atoms with van der Waals surface area (Å²) in [6.07, 6.45) is 3.21. The van der Waals surface area contributed by atoms with Crippen LogP contribution in [0, 0.1) is 0 Å². The number of hydrogen-bond acceptors (Lipinski definition) is 4. The molecule has 2 atom stereocenters. The van der Waals surface area contributed by atoms with Crippen LogP contribution < -0.4 is 0 Å². The van der Waals surface area contributed by atoms with E-state index in [0.717, 1.165) is 17.7 Å². The Balaban J connectivity index is 2.09. The van der Waals surface area contributed by atoms with Crippen molar-refractivity contribution in [2.75, 3.05) is 19.8 Å². The van der Waals surface area contributed by atoms with Crippen LogP contribution in [0.1, 0.15) is 31.1 Å². The predicted molar refractivity (Wildman–Crippen MR) is 81.2 cm³/mol. The molecule has 1 aliphatic heterocycles. The van der Waals surface area contributed by atoms with Gasteiger partial charge in [-0.15, -0.1) is 0 Å². The van der Waals surface area contributed by atoms with Crippen molar-refractivity contribution in [1.29, 1.82) is 0 Å². The molecule has 0 aromatic heterocycles. The fourth-order valence-corrected chi connectivity index (χ4v) is 2.08. The molecule has 1 aromatic carbocycles. The molecule has 0 radical (unpaired) electrons. The van der Waals surface area contributed by atoms with Crippen LogP contribution in [0.2, 0.25) is 5.02 Å². The van der Waals surface area contributed by atoms with Gasteiger partial charge in [-0.05, 0) is 43.2 Å². The first-order chi connectivity index (χ1) is 10.1. The maximum absolute atomic E-state index is 11.4. The zero-order chi connectivity index (χ0) is 15.2. The SMILES string of the molecule is CCOC(=O)/C=C/c1ccc(Cl)cc1[C@@H](C)OC[C@H]1CO1. The van der Waals surface area contributed by atoms with Gasteiger partial charge in [0.1, 0.15) is 6.10 Å². The summed E-state index contributed by atoms with van der Waals surface area (Å²) in [5, 5.41) is 0.636. The number of benzene rings is 1. The summed E-state index contributed by atoms with van der Waals surface area (Å²) < 4.78 is 15.8. The highest BCUT2D eigenvalue weighted by atomic mass is 35.5. The predicted octanol–water partition coefficient (Wildman–Crippen LogP) is 3.39. The molecule has 0 unspecified atom stereocenters. The van der Waals surface area contributed by atoms with Gasteiger partial charge in [0.05, 0.1) is 25.9 Å². The highest BCUT2D eigenvalue weighted by Crippen LogP contribution is 2.27. The zero-order valence-electron chi connectivity index (χ0n) is 12.2. The van der Waals surface area contributed by atoms with E-state index < -0.39 is 0 Å². The number of rotatable bonds is 7. The Morgan fingerprint density at radius 1 is 1.57 bits per heavy atom. The standard InChI is InChI=1S/C16H19ClO4/c1-3-19-16(18)7-5-12-4-6-13(17)8-15(12)11(2)20-9-14-10-21-14/h4-8,11,14H,3,9-10H2,1-2H3/b7-5+/t11-,14+/m1/s1. The molecule has 2 rings (SSSR count). The lowest BCUT2D eigenvalue weighted by molar-refractivity contribution is -0.137. The molecule has 0 spiro atoms. The molecule has 1 fully saturated rings. The van der Waals surface area contributed by atoms with Crippen molar-refractivity contribution >= 4 is 23.6 Å². The van der Waals surface area contributed by atoms with Crippen LogP contribution in [0.4, 0.5) is 0 Å². The van der Waals surface area contributed by atoms with Crippen LogP contribution in [0.3, 0.4) is 0 Å². The van der Waals surface area contributed by atoms with Crippen molar-refractivity contribution in [3.05, 3.63) is 40.4 Å². The van der Waals surface area contributed by atoms with E-state index in [9.17, 15) is 4.79 Å². The first-order valence-corrected chi connectivity index (χ1v) is 7.35. The number of carbonyl (C=O) groups is 1. The third kappa shape index (κ3) is 5.16. The topological polar surface area (TPSA) is 48.1 Å². The van der Waals surface area contributed by atoms with Crippen molar-refractivity contribution in [2.24, 2.45) is 0 Å². The molecule has 1 saturated heterocycles. The number of halogens is 1. The molecule has 1 heterocycles. The van der Waals surface area contributed by atoms with Gasteiger partial charge >= 0.3 is 5.97 Å². The molecule has 0 saturated carbocycles. The highest BCUT2D eigenvalue weighted by molar-refractivity contribution is 6.30. The fourth-order valence-electron chi connectivity index (χ4n) is 1.90. The van der Waals surface area contributed by atoms with E-state index in [0.29, 0.717) is 18.2 Å². The Bertz CT molecular complexity index is 523. The van der Waals surface area contributed by atoms with Crippen LogP contribution in [0.25, 0.3) is 6.08 Å². The lowest BCUT2D eigenvalue weighted by Gasteiger charge is -2.16. The minimum absolute atomic E-state index is 0.130. The lowest BCUT2D eigenvalue weighted by Crippen LogP contribution is -2.07. The number of ether oxygens (including phenoxy) is 3. The summed E-state index contributed by atoms with van der Waals surface area (Å²) in [4.78, 5) is 11.4. The van der Waals surface area contributed by atoms with E-state index in [4.69, 9.17) is 25.8 Å². The summed E-state index contributed by atoms with van der Waals surface area (Å²) in [5.41, 5.74) is 1.82. The van der Waals surface area contributed by atoms with Gasteiger partial charge in [0.15, 0.2) is 0 Å². The first kappa shape index (κ1) is 16.0. The Kier molecular flexibility index (Phi) is 5.79. The van der Waals surface area contributed by atoms with Gasteiger partial charge in [-0.2, -0.15) is 0 Å². The zero-order valence-corrected chi connectivity index (χ0v) is 12.9. The minimum atomic E-state index is -0.363. The Labute approximate surface area is 129 Å². The summed E-state index contributed by atoms with van der Waals surface area (Å²) in [6.45, 7) is 5.41. The van der Waals surface area contributed by atoms with Crippen molar-refractivity contribution in [3.63, 3.8) is 0 Å². The molecule has 1 aromatic rings. The Hall–Kier alpha value is -1.36. The lowest BCUT2D eigenvalue weighted by atomic mass is 10.0. The molecule has 1 aliphatic rings. The molecule has 114 valence electrons. The minimum Gasteiger partial charge on any atom is -0.463 e. The number of epoxide rings is 1. The number of hydrogen-bond donors (Lipinski definition) is 0. The average molecular weight is 311 g/mol. The van der Waals surface area contributed by atoms with E-state index in [1.165, 1.54) is 6.08 Å². The Morgan fingerprint density at radius 3 is 3.00 bits per heavy atom. The molecule has 21 heavy (non-hydrogen) atoms. The van der Waals surface area contributed by atoms with Crippen LogP contribution in [-0.2, 0) is 19.0 Å². The quantitative estimate of drug-likeness (QED) is 0.440. The fraction of sp³-hybridized carbons (Fsp3) is 0.438. The number of esters is 1. The van der Waals surface area contributed by atoms with Gasteiger partial charge in [0, 0.05) is 11.1 Å². The summed E-state index contributed by atoms with van der Waals surface area (Å²) >= 11 is 6.05. The molecular formula is C16H19ClO4. The van der Waals surface area contributed by atoms with Crippen molar-refractivity contribution in [2.45, 2.75) is 26.1 Å². The van der Waals surface area contributed by atoms with Gasteiger partial charge in [-0.25, -0.2) is 4.79 Å². The normalized spacial score (nSPS) is 18.7. The maximum Gasteiger partial charge on any atom is 0.330 e. The Morgan fingerprint density at radius 2 is 2.33 bits per heavy atom. The van der Waals surface area contributed by atoms with Gasteiger partial charge in [0.25, 0.3) is 0 Å². The third-order valence-electron chi connectivity index (χ3n) is 3.11. The average Bonchev–Trinajstić information content (AvgIpc) is 3.28. The van der Waals surface area contributed by atoms with E-state index in [2.05, 4.69) is 0 Å². The first-order valence-electron chi connectivity index (χ1n) is 6.97. The molecule has 0 bridgehead atoms. The monoisotopic (exact) mass is 310 g/mol. The molecule has 0 N–H and O–H groups in total. The molecule has 4 nitrogen and oxygen atoms in total. The second-order valence-corrected chi connectivity index (χ2v) is 5.23. The van der Waals surface area contributed by atoms with E-state index >= 15 is 0 Å². The molecule has 0 amide bonds. The third-order valence-corrected chi connectivity index (χ3v) is 3.34. The summed E-state index contributed by atoms with van der Waals surface area (Å²) in [5.74, 6) is -0.363. The largest absolute Gasteiger partial charge is 0.463 e. The van der Waals surface area contributed by atoms with Gasteiger partial charge in [-0.3, -0.25) is 0 Å². The summed E-state index contributed by atoms with van der Waals surface area (Å²) in [6, 6.07) is 5.50. The molecule has 0 aliphatic carbocycles. The van der Waals surface area contributed by atoms with Crippen LogP contribution in [0.15, 0.2) is 24.3 Å². The molecule has 5 heteroatoms. The molecular weight excluding hydrogens is 292 g/mol. The second kappa shape index (κ2) is 7.59. The smallest absolute Gasteiger partial charge is 0.330 e. The van der Waals surface area contributed by atoms with Crippen LogP contribution in [-0.4, -0.2) is 31.9 Å². The van der Waals surface area contributed by atoms with Crippen molar-refractivity contribution < 1.29 is 19.0 Å². The van der Waals surface area contributed by atoms with Crippen molar-refractivity contribution in [1.82, 2.24) is 0 Å². The van der Waals surface area contributed by atoms with Crippen LogP contribution in [0.5, 0.6) is 0 Å². The van der Waals surface area contributed by atoms with Gasteiger partial charge in [0.2, 0.25) is 0 Å². The summed E-state index contributed by atoms with van der Waals surface area (Å²) in [7, 11) is 0. The van der Waals surface area contributed by atoms with Crippen LogP contribution >= 0.6 is 11.6 Å². The van der Waals surface area contributed by atoms with Gasteiger partial charge in [-0.1, -0.05) is 17.7 Å². The van der Waals surface area contributed by atoms with Crippen molar-refractivity contribution in [3.8, 4) is 0 Å². The van der Waals surface area contributed by atoms with E-state index in [-0.39, 0.29) is 18.2 Å². The second-order valence-electron chi connectivity index (χ2n) is 4.79. The van der Waals surface area contributed by atoms with Gasteiger partial charge < -0.3 is 14.2 Å². The maximum atomic E-state index is 11.4. The van der Waals surface area contributed by atoms with E-state index in [1.54, 1.807) is 19.1 Å². The highest BCUT2D eigenvalue weighted by Gasteiger charge is 2.24. The number of carbonyl (C=O) groups excluding carboxylic acids is 1.